The highest BCUT2D eigenvalue weighted by atomic mass is 16.4. The number of rotatable bonds is 2. The van der Waals surface area contributed by atoms with E-state index in [-0.39, 0.29) is 11.8 Å². The maximum atomic E-state index is 13.8. The Morgan fingerprint density at radius 3 is 2.06 bits per heavy atom. The van der Waals surface area contributed by atoms with Gasteiger partial charge in [0.25, 0.3) is 0 Å². The lowest BCUT2D eigenvalue weighted by molar-refractivity contribution is -0.149. The van der Waals surface area contributed by atoms with Crippen molar-refractivity contribution in [2.75, 3.05) is 4.90 Å². The molecular weight excluding hydrogens is 390 g/mol. The molecule has 3 aromatic rings. The maximum absolute atomic E-state index is 13.8. The predicted molar refractivity (Wildman–Crippen MR) is 114 cm³/mol. The minimum absolute atomic E-state index is 0.319. The van der Waals surface area contributed by atoms with E-state index in [2.05, 4.69) is 0 Å². The molecule has 0 spiro atoms. The maximum Gasteiger partial charge on any atom is 0.319 e. The van der Waals surface area contributed by atoms with E-state index in [4.69, 9.17) is 0 Å². The smallest absolute Gasteiger partial charge is 0.319 e. The number of hydrogen-bond donors (Lipinski definition) is 1. The van der Waals surface area contributed by atoms with Gasteiger partial charge in [-0.05, 0) is 46.9 Å². The average molecular weight is 409 g/mol. The fraction of sp³-hybridized carbons (Fsp3) is 0.192. The Balaban J connectivity index is 1.68. The molecule has 5 heteroatoms. The van der Waals surface area contributed by atoms with Crippen LogP contribution in [0.25, 0.3) is 0 Å². The van der Waals surface area contributed by atoms with Gasteiger partial charge in [-0.1, -0.05) is 60.7 Å². The van der Waals surface area contributed by atoms with E-state index >= 15 is 0 Å². The molecule has 2 bridgehead atoms. The number of imide groups is 1. The molecule has 1 fully saturated rings. The van der Waals surface area contributed by atoms with Gasteiger partial charge < -0.3 is 5.11 Å². The van der Waals surface area contributed by atoms with Crippen LogP contribution in [0.3, 0.4) is 0 Å². The van der Waals surface area contributed by atoms with Gasteiger partial charge in [-0.3, -0.25) is 14.4 Å². The molecule has 4 aliphatic rings. The largest absolute Gasteiger partial charge is 0.480 e. The zero-order chi connectivity index (χ0) is 21.5. The van der Waals surface area contributed by atoms with E-state index in [1.54, 1.807) is 42.5 Å². The standard InChI is InChI=1S/C26H19NO4/c1-14-7-6-8-15(13-14)27-23(28)21-20-16-9-2-4-11-18(16)26(25(30)31,22(21)24(27)29)19-12-5-3-10-17(19)20/h2-13,20-22H,1H3,(H,30,31). The van der Waals surface area contributed by atoms with Crippen molar-refractivity contribution in [2.24, 2.45) is 11.8 Å². The van der Waals surface area contributed by atoms with Crippen LogP contribution in [0.5, 0.6) is 0 Å². The van der Waals surface area contributed by atoms with Gasteiger partial charge in [-0.2, -0.15) is 0 Å². The average Bonchev–Trinajstić information content (AvgIpc) is 3.04. The van der Waals surface area contributed by atoms with Crippen LogP contribution >= 0.6 is 0 Å². The molecule has 31 heavy (non-hydrogen) atoms. The quantitative estimate of drug-likeness (QED) is 0.656. The molecular formula is C26H19NO4. The van der Waals surface area contributed by atoms with Crippen LogP contribution in [0.4, 0.5) is 5.69 Å². The fourth-order valence-electron chi connectivity index (χ4n) is 6.16. The summed E-state index contributed by atoms with van der Waals surface area (Å²) in [7, 11) is 0. The first kappa shape index (κ1) is 18.1. The minimum atomic E-state index is -1.59. The van der Waals surface area contributed by atoms with Crippen molar-refractivity contribution in [3.63, 3.8) is 0 Å². The Morgan fingerprint density at radius 1 is 0.871 bits per heavy atom. The van der Waals surface area contributed by atoms with Crippen LogP contribution in [0, 0.1) is 18.8 Å². The lowest BCUT2D eigenvalue weighted by Gasteiger charge is -2.51. The van der Waals surface area contributed by atoms with Gasteiger partial charge >= 0.3 is 5.97 Å². The van der Waals surface area contributed by atoms with Gasteiger partial charge in [0, 0.05) is 5.92 Å². The van der Waals surface area contributed by atoms with E-state index in [1.165, 1.54) is 4.90 Å². The molecule has 5 nitrogen and oxygen atoms in total. The van der Waals surface area contributed by atoms with E-state index in [1.807, 2.05) is 37.3 Å². The van der Waals surface area contributed by atoms with Crippen LogP contribution in [-0.4, -0.2) is 22.9 Å². The van der Waals surface area contributed by atoms with Crippen molar-refractivity contribution in [1.82, 2.24) is 0 Å². The third-order valence-electron chi connectivity index (χ3n) is 7.22. The number of hydrogen-bond acceptors (Lipinski definition) is 3. The van der Waals surface area contributed by atoms with Crippen LogP contribution in [0.1, 0.15) is 33.7 Å². The monoisotopic (exact) mass is 409 g/mol. The predicted octanol–water partition coefficient (Wildman–Crippen LogP) is 3.63. The molecule has 1 aliphatic heterocycles. The molecule has 1 saturated heterocycles. The van der Waals surface area contributed by atoms with Gasteiger partial charge in [0.05, 0.1) is 17.5 Å². The molecule has 0 aromatic heterocycles. The number of carbonyl (C=O) groups is 3. The Kier molecular flexibility index (Phi) is 3.45. The molecule has 152 valence electrons. The lowest BCUT2D eigenvalue weighted by Crippen LogP contribution is -2.57. The summed E-state index contributed by atoms with van der Waals surface area (Å²) in [4.78, 5) is 41.9. The summed E-state index contributed by atoms with van der Waals surface area (Å²) in [5, 5.41) is 10.7. The number of anilines is 1. The van der Waals surface area contributed by atoms with Gasteiger partial charge in [-0.15, -0.1) is 0 Å². The normalized spacial score (nSPS) is 27.6. The van der Waals surface area contributed by atoms with Gasteiger partial charge in [0.15, 0.2) is 0 Å². The highest BCUT2D eigenvalue weighted by molar-refractivity contribution is 6.25. The lowest BCUT2D eigenvalue weighted by atomic mass is 9.47. The number of carboxylic acids is 1. The van der Waals surface area contributed by atoms with E-state index in [9.17, 15) is 19.5 Å². The van der Waals surface area contributed by atoms with Crippen LogP contribution in [-0.2, 0) is 19.8 Å². The molecule has 2 unspecified atom stereocenters. The summed E-state index contributed by atoms with van der Waals surface area (Å²) in [6.45, 7) is 1.90. The second kappa shape index (κ2) is 5.91. The summed E-state index contributed by atoms with van der Waals surface area (Å²) in [6, 6.07) is 22.0. The zero-order valence-electron chi connectivity index (χ0n) is 16.8. The van der Waals surface area contributed by atoms with E-state index in [0.717, 1.165) is 16.7 Å². The van der Waals surface area contributed by atoms with Crippen LogP contribution in [0.2, 0.25) is 0 Å². The Hall–Kier alpha value is -3.73. The third kappa shape index (κ3) is 1.99. The number of aryl methyl sites for hydroxylation is 1. The topological polar surface area (TPSA) is 74.7 Å². The van der Waals surface area contributed by atoms with Gasteiger partial charge in [-0.25, -0.2) is 4.90 Å². The molecule has 0 radical (unpaired) electrons. The molecule has 2 atom stereocenters. The number of amides is 2. The highest BCUT2D eigenvalue weighted by Gasteiger charge is 2.71. The fourth-order valence-corrected chi connectivity index (χ4v) is 6.16. The second-order valence-electron chi connectivity index (χ2n) is 8.62. The Labute approximate surface area is 178 Å². The Morgan fingerprint density at radius 2 is 1.48 bits per heavy atom. The number of benzene rings is 3. The van der Waals surface area contributed by atoms with E-state index < -0.39 is 29.1 Å². The number of aliphatic carboxylic acids is 1. The first-order valence-corrected chi connectivity index (χ1v) is 10.3. The number of carbonyl (C=O) groups excluding carboxylic acids is 2. The van der Waals surface area contributed by atoms with Gasteiger partial charge in [0.1, 0.15) is 5.41 Å². The second-order valence-corrected chi connectivity index (χ2v) is 8.62. The van der Waals surface area contributed by atoms with Crippen LogP contribution < -0.4 is 4.90 Å². The number of carboxylic acid groups (broad SMARTS) is 1. The molecule has 0 saturated carbocycles. The van der Waals surface area contributed by atoms with Gasteiger partial charge in [0.2, 0.25) is 11.8 Å². The Bertz CT molecular complexity index is 1260. The zero-order valence-corrected chi connectivity index (χ0v) is 16.8. The molecule has 3 aromatic carbocycles. The third-order valence-corrected chi connectivity index (χ3v) is 7.22. The molecule has 1 N–H and O–H groups in total. The summed E-state index contributed by atoms with van der Waals surface area (Å²) >= 11 is 0. The van der Waals surface area contributed by atoms with Crippen molar-refractivity contribution >= 4 is 23.5 Å². The van der Waals surface area contributed by atoms with Crippen molar-refractivity contribution in [2.45, 2.75) is 18.3 Å². The van der Waals surface area contributed by atoms with Crippen molar-refractivity contribution < 1.29 is 19.5 Å². The summed E-state index contributed by atoms with van der Waals surface area (Å²) in [6.07, 6.45) is 0. The van der Waals surface area contributed by atoms with Crippen molar-refractivity contribution in [3.05, 3.63) is 101 Å². The summed E-state index contributed by atoms with van der Waals surface area (Å²) < 4.78 is 0. The first-order chi connectivity index (χ1) is 15.0. The van der Waals surface area contributed by atoms with E-state index in [0.29, 0.717) is 16.8 Å². The first-order valence-electron chi connectivity index (χ1n) is 10.3. The molecule has 3 aliphatic carbocycles. The molecule has 1 heterocycles. The van der Waals surface area contributed by atoms with Crippen molar-refractivity contribution in [3.8, 4) is 0 Å². The SMILES string of the molecule is Cc1cccc(N2C(=O)C3C4c5ccccc5C(C(=O)O)(c5ccccc54)C3C2=O)c1. The summed E-state index contributed by atoms with van der Waals surface area (Å²) in [5.41, 5.74) is 2.75. The highest BCUT2D eigenvalue weighted by Crippen LogP contribution is 2.64. The van der Waals surface area contributed by atoms with Crippen LogP contribution in [0.15, 0.2) is 72.8 Å². The minimum Gasteiger partial charge on any atom is -0.480 e. The molecule has 7 rings (SSSR count). The molecule has 2 amide bonds. The van der Waals surface area contributed by atoms with Crippen molar-refractivity contribution in [1.29, 1.82) is 0 Å². The summed E-state index contributed by atoms with van der Waals surface area (Å²) in [5.74, 6) is -3.91. The number of nitrogens with zero attached hydrogens (tertiary/aromatic N) is 1.